The molecule has 1 aliphatic heterocycles. The molecule has 7 nitrogen and oxygen atoms in total. The van der Waals surface area contributed by atoms with Crippen LogP contribution in [0.25, 0.3) is 5.57 Å². The average molecular weight is 329 g/mol. The van der Waals surface area contributed by atoms with E-state index in [2.05, 4.69) is 5.32 Å². The molecule has 2 rings (SSSR count). The summed E-state index contributed by atoms with van der Waals surface area (Å²) in [5.41, 5.74) is 1.86. The quantitative estimate of drug-likeness (QED) is 0.437. The minimum Gasteiger partial charge on any atom is -0.748 e. The fourth-order valence-electron chi connectivity index (χ4n) is 2.08. The van der Waals surface area contributed by atoms with Gasteiger partial charge in [0.1, 0.15) is 0 Å². The van der Waals surface area contributed by atoms with Crippen LogP contribution in [0.5, 0.6) is 0 Å². The third-order valence-corrected chi connectivity index (χ3v) is 3.26. The van der Waals surface area contributed by atoms with E-state index in [0.29, 0.717) is 5.57 Å². The monoisotopic (exact) mass is 329 g/mol. The van der Waals surface area contributed by atoms with Gasteiger partial charge in [-0.1, -0.05) is 24.3 Å². The average Bonchev–Trinajstić information content (AvgIpc) is 2.13. The van der Waals surface area contributed by atoms with Crippen LogP contribution in [0.4, 0.5) is 5.69 Å². The SMILES string of the molecule is CC1(C)C=C(CS(=O)(=O)[O-])c2ccccc2N1.O.O.O.[Na+]. The summed E-state index contributed by atoms with van der Waals surface area (Å²) in [6.07, 6.45) is 1.80. The van der Waals surface area contributed by atoms with Crippen molar-refractivity contribution in [3.8, 4) is 0 Å². The summed E-state index contributed by atoms with van der Waals surface area (Å²) < 4.78 is 32.7. The molecule has 1 aliphatic rings. The van der Waals surface area contributed by atoms with E-state index in [4.69, 9.17) is 0 Å². The summed E-state index contributed by atoms with van der Waals surface area (Å²) in [7, 11) is -4.26. The molecule has 0 unspecified atom stereocenters. The number of rotatable bonds is 2. The van der Waals surface area contributed by atoms with E-state index in [1.807, 2.05) is 38.1 Å². The number of hydrogen-bond acceptors (Lipinski definition) is 4. The molecule has 0 bridgehead atoms. The zero-order valence-electron chi connectivity index (χ0n) is 12.2. The minimum atomic E-state index is -4.26. The Balaban J connectivity index is -0.000000810. The first-order valence-corrected chi connectivity index (χ1v) is 6.87. The van der Waals surface area contributed by atoms with Crippen LogP contribution in [0.15, 0.2) is 30.3 Å². The summed E-state index contributed by atoms with van der Waals surface area (Å²) in [6.45, 7) is 3.86. The molecule has 0 saturated heterocycles. The second-order valence-electron chi connectivity index (χ2n) is 4.76. The number of hydrogen-bond donors (Lipinski definition) is 1. The van der Waals surface area contributed by atoms with Crippen LogP contribution in [0.2, 0.25) is 0 Å². The molecule has 0 saturated carbocycles. The number of fused-ring (bicyclic) bond motifs is 1. The molecule has 1 aromatic rings. The van der Waals surface area contributed by atoms with E-state index >= 15 is 0 Å². The number of para-hydroxylation sites is 1. The first-order valence-electron chi connectivity index (χ1n) is 5.30. The summed E-state index contributed by atoms with van der Waals surface area (Å²) in [5, 5.41) is 3.28. The van der Waals surface area contributed by atoms with Gasteiger partial charge >= 0.3 is 29.6 Å². The molecule has 1 aromatic carbocycles. The Hall–Kier alpha value is -0.450. The maximum absolute atomic E-state index is 10.9. The van der Waals surface area contributed by atoms with Crippen molar-refractivity contribution in [2.45, 2.75) is 19.4 Å². The van der Waals surface area contributed by atoms with E-state index in [1.54, 1.807) is 6.08 Å². The molecule has 0 spiro atoms. The molecule has 9 heteroatoms. The van der Waals surface area contributed by atoms with Crippen LogP contribution in [-0.4, -0.2) is 40.7 Å². The van der Waals surface area contributed by atoms with E-state index in [-0.39, 0.29) is 51.5 Å². The van der Waals surface area contributed by atoms with E-state index in [9.17, 15) is 13.0 Å². The Morgan fingerprint density at radius 1 is 1.14 bits per heavy atom. The molecular weight excluding hydrogens is 309 g/mol. The van der Waals surface area contributed by atoms with Crippen LogP contribution in [0, 0.1) is 0 Å². The maximum Gasteiger partial charge on any atom is 1.00 e. The van der Waals surface area contributed by atoms with E-state index in [0.717, 1.165) is 11.3 Å². The molecule has 21 heavy (non-hydrogen) atoms. The second kappa shape index (κ2) is 8.86. The Labute approximate surface area is 146 Å². The molecule has 0 aliphatic carbocycles. The van der Waals surface area contributed by atoms with E-state index in [1.165, 1.54) is 0 Å². The van der Waals surface area contributed by atoms with Crippen LogP contribution < -0.4 is 34.9 Å². The Bertz CT molecular complexity index is 585. The molecule has 0 radical (unpaired) electrons. The third-order valence-electron chi connectivity index (χ3n) is 2.60. The third kappa shape index (κ3) is 6.90. The van der Waals surface area contributed by atoms with Gasteiger partial charge in [-0.25, -0.2) is 8.42 Å². The molecule has 0 atom stereocenters. The predicted molar refractivity (Wildman–Crippen MR) is 77.5 cm³/mol. The second-order valence-corrected chi connectivity index (χ2v) is 6.17. The zero-order valence-corrected chi connectivity index (χ0v) is 15.0. The van der Waals surface area contributed by atoms with Crippen LogP contribution in [0.3, 0.4) is 0 Å². The van der Waals surface area contributed by atoms with Gasteiger partial charge in [0.15, 0.2) is 0 Å². The van der Waals surface area contributed by atoms with Gasteiger partial charge in [-0.15, -0.1) is 0 Å². The molecule has 1 heterocycles. The van der Waals surface area contributed by atoms with Crippen LogP contribution in [0.1, 0.15) is 19.4 Å². The first-order chi connectivity index (χ1) is 7.77. The molecule has 0 amide bonds. The topological polar surface area (TPSA) is 164 Å². The van der Waals surface area contributed by atoms with Gasteiger partial charge in [-0.05, 0) is 25.5 Å². The minimum absolute atomic E-state index is 0. The molecule has 0 fully saturated rings. The molecule has 116 valence electrons. The summed E-state index contributed by atoms with van der Waals surface area (Å²) in [6, 6.07) is 7.39. The van der Waals surface area contributed by atoms with Crippen molar-refractivity contribution in [1.29, 1.82) is 0 Å². The molecular formula is C12H20NNaO6S. The largest absolute Gasteiger partial charge is 1.00 e. The Kier molecular flexibility index (Phi) is 10.8. The summed E-state index contributed by atoms with van der Waals surface area (Å²) in [5.74, 6) is -0.463. The van der Waals surface area contributed by atoms with Crippen molar-refractivity contribution in [2.24, 2.45) is 0 Å². The first kappa shape index (κ1) is 25.5. The maximum atomic E-state index is 10.9. The van der Waals surface area contributed by atoms with Gasteiger partial charge < -0.3 is 26.3 Å². The summed E-state index contributed by atoms with van der Waals surface area (Å²) >= 11 is 0. The van der Waals surface area contributed by atoms with Crippen molar-refractivity contribution in [3.63, 3.8) is 0 Å². The predicted octanol–water partition coefficient (Wildman–Crippen LogP) is -3.65. The van der Waals surface area contributed by atoms with Crippen LogP contribution >= 0.6 is 0 Å². The smallest absolute Gasteiger partial charge is 0.748 e. The molecule has 0 aromatic heterocycles. The van der Waals surface area contributed by atoms with Gasteiger partial charge in [0.05, 0.1) is 21.4 Å². The fraction of sp³-hybridized carbons (Fsp3) is 0.333. The number of nitrogens with one attached hydrogen (secondary N) is 1. The molecule has 7 N–H and O–H groups in total. The normalized spacial score (nSPS) is 14.5. The van der Waals surface area contributed by atoms with Crippen molar-refractivity contribution < 1.29 is 59.0 Å². The van der Waals surface area contributed by atoms with Gasteiger partial charge in [-0.2, -0.15) is 0 Å². The van der Waals surface area contributed by atoms with Crippen molar-refractivity contribution in [2.75, 3.05) is 11.1 Å². The fourth-order valence-corrected chi connectivity index (χ4v) is 2.70. The number of benzene rings is 1. The van der Waals surface area contributed by atoms with Crippen molar-refractivity contribution in [3.05, 3.63) is 35.9 Å². The van der Waals surface area contributed by atoms with E-state index < -0.39 is 15.9 Å². The Morgan fingerprint density at radius 2 is 1.67 bits per heavy atom. The van der Waals surface area contributed by atoms with Gasteiger partial charge in [0.25, 0.3) is 0 Å². The number of anilines is 1. The van der Waals surface area contributed by atoms with Gasteiger partial charge in [-0.3, -0.25) is 0 Å². The standard InChI is InChI=1S/C12H15NO3S.Na.3H2O/c1-12(2)7-9(8-17(14,15)16)10-5-3-4-6-11(10)13-12;;;;/h3-7,13H,8H2,1-2H3,(H,14,15,16);;3*1H2/q;+1;;;/p-1. The summed E-state index contributed by atoms with van der Waals surface area (Å²) in [4.78, 5) is 0. The van der Waals surface area contributed by atoms with Gasteiger partial charge in [0.2, 0.25) is 0 Å². The van der Waals surface area contributed by atoms with Gasteiger partial charge in [0, 0.05) is 11.3 Å². The zero-order chi connectivity index (χ0) is 12.7. The van der Waals surface area contributed by atoms with Crippen molar-refractivity contribution in [1.82, 2.24) is 0 Å². The van der Waals surface area contributed by atoms with Crippen molar-refractivity contribution >= 4 is 21.4 Å². The Morgan fingerprint density at radius 3 is 2.19 bits per heavy atom. The van der Waals surface area contributed by atoms with Crippen LogP contribution in [-0.2, 0) is 10.1 Å².